The molecule has 21 heavy (non-hydrogen) atoms. The summed E-state index contributed by atoms with van der Waals surface area (Å²) in [4.78, 5) is 12.3. The SMILES string of the molecule is COc1ccc(CC(=O)NC2(CN)CCC(C)CC2)cc1. The van der Waals surface area contributed by atoms with Crippen molar-refractivity contribution in [3.05, 3.63) is 29.8 Å². The van der Waals surface area contributed by atoms with Crippen LogP contribution in [0, 0.1) is 5.92 Å². The average Bonchev–Trinajstić information content (AvgIpc) is 2.50. The molecule has 1 aliphatic carbocycles. The number of hydrogen-bond donors (Lipinski definition) is 2. The summed E-state index contributed by atoms with van der Waals surface area (Å²) in [5.74, 6) is 1.60. The highest BCUT2D eigenvalue weighted by Gasteiger charge is 2.34. The number of nitrogens with two attached hydrogens (primary N) is 1. The Morgan fingerprint density at radius 3 is 2.48 bits per heavy atom. The van der Waals surface area contributed by atoms with Crippen LogP contribution in [0.5, 0.6) is 5.75 Å². The molecule has 1 saturated carbocycles. The number of hydrogen-bond acceptors (Lipinski definition) is 3. The molecule has 0 unspecified atom stereocenters. The fraction of sp³-hybridized carbons (Fsp3) is 0.588. The number of carbonyl (C=O) groups excluding carboxylic acids is 1. The summed E-state index contributed by atoms with van der Waals surface area (Å²) in [5.41, 5.74) is 6.72. The third kappa shape index (κ3) is 4.21. The molecule has 4 heteroatoms. The molecule has 0 saturated heterocycles. The van der Waals surface area contributed by atoms with Gasteiger partial charge >= 0.3 is 0 Å². The molecule has 4 nitrogen and oxygen atoms in total. The lowest BCUT2D eigenvalue weighted by atomic mass is 9.77. The number of methoxy groups -OCH3 is 1. The molecule has 2 rings (SSSR count). The maximum absolute atomic E-state index is 12.3. The predicted octanol–water partition coefficient (Wildman–Crippen LogP) is 2.26. The Kier molecular flexibility index (Phi) is 5.23. The van der Waals surface area contributed by atoms with Gasteiger partial charge in [0.1, 0.15) is 5.75 Å². The fourth-order valence-electron chi connectivity index (χ4n) is 2.96. The van der Waals surface area contributed by atoms with Gasteiger partial charge in [0, 0.05) is 6.54 Å². The third-order valence-electron chi connectivity index (χ3n) is 4.55. The number of amides is 1. The Bertz CT molecular complexity index is 462. The first kappa shape index (κ1) is 15.8. The summed E-state index contributed by atoms with van der Waals surface area (Å²) >= 11 is 0. The van der Waals surface area contributed by atoms with Gasteiger partial charge in [0.05, 0.1) is 19.1 Å². The van der Waals surface area contributed by atoms with Gasteiger partial charge in [0.15, 0.2) is 0 Å². The first-order chi connectivity index (χ1) is 10.1. The highest BCUT2D eigenvalue weighted by Crippen LogP contribution is 2.31. The van der Waals surface area contributed by atoms with Gasteiger partial charge in [-0.05, 0) is 49.3 Å². The van der Waals surface area contributed by atoms with E-state index >= 15 is 0 Å². The van der Waals surface area contributed by atoms with Crippen molar-refractivity contribution in [2.75, 3.05) is 13.7 Å². The van der Waals surface area contributed by atoms with Crippen molar-refractivity contribution < 1.29 is 9.53 Å². The Morgan fingerprint density at radius 1 is 1.33 bits per heavy atom. The van der Waals surface area contributed by atoms with Gasteiger partial charge in [-0.25, -0.2) is 0 Å². The normalized spacial score (nSPS) is 25.4. The molecule has 3 N–H and O–H groups in total. The van der Waals surface area contributed by atoms with E-state index in [4.69, 9.17) is 10.5 Å². The van der Waals surface area contributed by atoms with E-state index in [0.717, 1.165) is 42.9 Å². The Balaban J connectivity index is 1.93. The Labute approximate surface area is 127 Å². The minimum atomic E-state index is -0.198. The molecule has 1 aromatic rings. The van der Waals surface area contributed by atoms with Crippen molar-refractivity contribution >= 4 is 5.91 Å². The maximum Gasteiger partial charge on any atom is 0.224 e. The largest absolute Gasteiger partial charge is 0.497 e. The topological polar surface area (TPSA) is 64.3 Å². The van der Waals surface area contributed by atoms with Gasteiger partial charge < -0.3 is 15.8 Å². The number of nitrogens with one attached hydrogen (secondary N) is 1. The maximum atomic E-state index is 12.3. The van der Waals surface area contributed by atoms with Crippen LogP contribution in [0.1, 0.15) is 38.2 Å². The molecule has 1 fully saturated rings. The second-order valence-corrected chi connectivity index (χ2v) is 6.24. The van der Waals surface area contributed by atoms with E-state index in [9.17, 15) is 4.79 Å². The Hall–Kier alpha value is -1.55. The summed E-state index contributed by atoms with van der Waals surface area (Å²) in [6.45, 7) is 2.79. The number of benzene rings is 1. The van der Waals surface area contributed by atoms with E-state index in [-0.39, 0.29) is 11.4 Å². The monoisotopic (exact) mass is 290 g/mol. The highest BCUT2D eigenvalue weighted by molar-refractivity contribution is 5.79. The van der Waals surface area contributed by atoms with Crippen molar-refractivity contribution in [2.24, 2.45) is 11.7 Å². The smallest absolute Gasteiger partial charge is 0.224 e. The van der Waals surface area contributed by atoms with Crippen LogP contribution in [0.4, 0.5) is 0 Å². The van der Waals surface area contributed by atoms with Crippen LogP contribution in [-0.2, 0) is 11.2 Å². The summed E-state index contributed by atoms with van der Waals surface area (Å²) in [7, 11) is 1.64. The minimum absolute atomic E-state index is 0.0557. The zero-order valence-electron chi connectivity index (χ0n) is 13.0. The minimum Gasteiger partial charge on any atom is -0.497 e. The van der Waals surface area contributed by atoms with Gasteiger partial charge in [-0.2, -0.15) is 0 Å². The molecule has 0 radical (unpaired) electrons. The van der Waals surface area contributed by atoms with Crippen LogP contribution in [-0.4, -0.2) is 25.1 Å². The summed E-state index contributed by atoms with van der Waals surface area (Å²) < 4.78 is 5.12. The Morgan fingerprint density at radius 2 is 1.95 bits per heavy atom. The molecule has 1 aromatic carbocycles. The lowest BCUT2D eigenvalue weighted by Gasteiger charge is -2.39. The lowest BCUT2D eigenvalue weighted by molar-refractivity contribution is -0.122. The molecule has 0 atom stereocenters. The molecular formula is C17H26N2O2. The van der Waals surface area contributed by atoms with Gasteiger partial charge in [0.25, 0.3) is 0 Å². The lowest BCUT2D eigenvalue weighted by Crippen LogP contribution is -2.55. The third-order valence-corrected chi connectivity index (χ3v) is 4.55. The first-order valence-corrected chi connectivity index (χ1v) is 7.71. The van der Waals surface area contributed by atoms with Crippen molar-refractivity contribution in [3.8, 4) is 5.75 Å². The standard InChI is InChI=1S/C17H26N2O2/c1-13-7-9-17(12-18,10-8-13)19-16(20)11-14-3-5-15(21-2)6-4-14/h3-6,13H,7-12,18H2,1-2H3,(H,19,20). The van der Waals surface area contributed by atoms with Crippen LogP contribution in [0.3, 0.4) is 0 Å². The van der Waals surface area contributed by atoms with Crippen LogP contribution in [0.15, 0.2) is 24.3 Å². The van der Waals surface area contributed by atoms with E-state index in [1.165, 1.54) is 0 Å². The molecule has 1 amide bonds. The number of carbonyl (C=O) groups is 1. The van der Waals surface area contributed by atoms with E-state index in [0.29, 0.717) is 13.0 Å². The molecular weight excluding hydrogens is 264 g/mol. The van der Waals surface area contributed by atoms with Crippen LogP contribution in [0.25, 0.3) is 0 Å². The van der Waals surface area contributed by atoms with Gasteiger partial charge in [-0.1, -0.05) is 19.1 Å². The first-order valence-electron chi connectivity index (χ1n) is 7.71. The van der Waals surface area contributed by atoms with E-state index in [1.54, 1.807) is 7.11 Å². The molecule has 1 aliphatic rings. The van der Waals surface area contributed by atoms with Crippen molar-refractivity contribution in [1.29, 1.82) is 0 Å². The van der Waals surface area contributed by atoms with Crippen molar-refractivity contribution in [1.82, 2.24) is 5.32 Å². The second-order valence-electron chi connectivity index (χ2n) is 6.24. The molecule has 0 heterocycles. The molecule has 116 valence electrons. The molecule has 0 spiro atoms. The number of rotatable bonds is 5. The quantitative estimate of drug-likeness (QED) is 0.874. The van der Waals surface area contributed by atoms with Gasteiger partial charge in [-0.3, -0.25) is 4.79 Å². The number of ether oxygens (including phenoxy) is 1. The van der Waals surface area contributed by atoms with Crippen LogP contribution < -0.4 is 15.8 Å². The fourth-order valence-corrected chi connectivity index (χ4v) is 2.96. The van der Waals surface area contributed by atoms with Crippen molar-refractivity contribution in [2.45, 2.75) is 44.6 Å². The second kappa shape index (κ2) is 6.94. The van der Waals surface area contributed by atoms with Crippen molar-refractivity contribution in [3.63, 3.8) is 0 Å². The average molecular weight is 290 g/mol. The van der Waals surface area contributed by atoms with Crippen LogP contribution in [0.2, 0.25) is 0 Å². The molecule has 0 bridgehead atoms. The van der Waals surface area contributed by atoms with Gasteiger partial charge in [0.2, 0.25) is 5.91 Å². The zero-order chi connectivity index (χ0) is 15.3. The predicted molar refractivity (Wildman–Crippen MR) is 84.3 cm³/mol. The molecule has 0 aliphatic heterocycles. The summed E-state index contributed by atoms with van der Waals surface area (Å²) in [6.07, 6.45) is 4.64. The van der Waals surface area contributed by atoms with E-state index in [1.807, 2.05) is 24.3 Å². The highest BCUT2D eigenvalue weighted by atomic mass is 16.5. The van der Waals surface area contributed by atoms with E-state index in [2.05, 4.69) is 12.2 Å². The molecule has 0 aromatic heterocycles. The summed E-state index contributed by atoms with van der Waals surface area (Å²) in [6, 6.07) is 7.61. The summed E-state index contributed by atoms with van der Waals surface area (Å²) in [5, 5.41) is 3.18. The van der Waals surface area contributed by atoms with E-state index < -0.39 is 0 Å². The van der Waals surface area contributed by atoms with Crippen LogP contribution >= 0.6 is 0 Å². The zero-order valence-corrected chi connectivity index (χ0v) is 13.0. The van der Waals surface area contributed by atoms with Gasteiger partial charge in [-0.15, -0.1) is 0 Å².